The van der Waals surface area contributed by atoms with E-state index in [9.17, 15) is 4.79 Å². The van der Waals surface area contributed by atoms with Crippen molar-refractivity contribution in [3.05, 3.63) is 58.7 Å². The van der Waals surface area contributed by atoms with Crippen LogP contribution in [0.2, 0.25) is 0 Å². The smallest absolute Gasteiger partial charge is 0.335 e. The molecule has 1 atom stereocenters. The molecule has 1 aromatic carbocycles. The van der Waals surface area contributed by atoms with Crippen molar-refractivity contribution in [2.24, 2.45) is 0 Å². The minimum atomic E-state index is -0.268. The third-order valence-corrected chi connectivity index (χ3v) is 4.70. The highest BCUT2D eigenvalue weighted by atomic mass is 79.9. The number of rotatable bonds is 8. The quantitative estimate of drug-likeness (QED) is 0.321. The normalized spacial score (nSPS) is 18.5. The number of alkyl halides is 1. The lowest BCUT2D eigenvalue weighted by molar-refractivity contribution is -0.140. The van der Waals surface area contributed by atoms with Crippen molar-refractivity contribution >= 4 is 21.9 Å². The van der Waals surface area contributed by atoms with Crippen molar-refractivity contribution in [1.29, 1.82) is 0 Å². The van der Waals surface area contributed by atoms with Gasteiger partial charge in [0.2, 0.25) is 0 Å². The van der Waals surface area contributed by atoms with Crippen LogP contribution in [0.4, 0.5) is 0 Å². The number of benzene rings is 1. The lowest BCUT2D eigenvalue weighted by Crippen LogP contribution is -2.05. The van der Waals surface area contributed by atoms with Crippen molar-refractivity contribution in [3.63, 3.8) is 0 Å². The zero-order valence-corrected chi connectivity index (χ0v) is 15.6. The maximum absolute atomic E-state index is 12.4. The van der Waals surface area contributed by atoms with Crippen LogP contribution in [0.3, 0.4) is 0 Å². The van der Waals surface area contributed by atoms with Gasteiger partial charge in [-0.15, -0.1) is 0 Å². The second kappa shape index (κ2) is 9.07. The molecule has 0 bridgehead atoms. The Hall–Kier alpha value is -1.35. The Morgan fingerprint density at radius 3 is 2.57 bits per heavy atom. The van der Waals surface area contributed by atoms with Crippen LogP contribution in [0.15, 0.2) is 53.1 Å². The first-order valence-corrected chi connectivity index (χ1v) is 9.59. The Morgan fingerprint density at radius 2 is 1.96 bits per heavy atom. The second-order valence-electron chi connectivity index (χ2n) is 5.84. The first kappa shape index (κ1) is 18.0. The molecule has 0 N–H and O–H groups in total. The number of hydrogen-bond donors (Lipinski definition) is 0. The first-order chi connectivity index (χ1) is 11.2. The van der Waals surface area contributed by atoms with Gasteiger partial charge in [0.15, 0.2) is 6.10 Å². The van der Waals surface area contributed by atoms with Gasteiger partial charge in [0.25, 0.3) is 0 Å². The molecule has 0 fully saturated rings. The number of unbranched alkanes of at least 4 members (excludes halogenated alkanes) is 2. The third kappa shape index (κ3) is 4.35. The minimum absolute atomic E-state index is 0.155. The van der Waals surface area contributed by atoms with Gasteiger partial charge >= 0.3 is 5.97 Å². The van der Waals surface area contributed by atoms with E-state index >= 15 is 0 Å². The molecule has 2 rings (SSSR count). The number of carbonyl (C=O) groups is 1. The summed E-state index contributed by atoms with van der Waals surface area (Å²) >= 11 is 3.61. The molecule has 1 heterocycles. The molecule has 1 unspecified atom stereocenters. The SMILES string of the molecule is CCCC/C=C(\CBr)C1=C(CCC)C(=O)OC1c1ccccc1. The third-order valence-electron chi connectivity index (χ3n) is 4.10. The highest BCUT2D eigenvalue weighted by molar-refractivity contribution is 9.09. The van der Waals surface area contributed by atoms with E-state index in [0.717, 1.165) is 47.7 Å². The number of esters is 1. The van der Waals surface area contributed by atoms with Gasteiger partial charge in [0.1, 0.15) is 0 Å². The second-order valence-corrected chi connectivity index (χ2v) is 6.40. The van der Waals surface area contributed by atoms with Crippen LogP contribution in [0.5, 0.6) is 0 Å². The van der Waals surface area contributed by atoms with Crippen molar-refractivity contribution in [1.82, 2.24) is 0 Å². The van der Waals surface area contributed by atoms with Crippen LogP contribution in [-0.4, -0.2) is 11.3 Å². The van der Waals surface area contributed by atoms with E-state index in [1.807, 2.05) is 30.3 Å². The first-order valence-electron chi connectivity index (χ1n) is 8.47. The van der Waals surface area contributed by atoms with Crippen LogP contribution in [0.1, 0.15) is 57.6 Å². The minimum Gasteiger partial charge on any atom is -0.449 e. The largest absolute Gasteiger partial charge is 0.449 e. The molecule has 3 heteroatoms. The highest BCUT2D eigenvalue weighted by Gasteiger charge is 2.35. The zero-order valence-electron chi connectivity index (χ0n) is 14.0. The molecule has 1 aliphatic rings. The summed E-state index contributed by atoms with van der Waals surface area (Å²) in [4.78, 5) is 12.4. The van der Waals surface area contributed by atoms with Crippen molar-refractivity contribution < 1.29 is 9.53 Å². The Labute approximate surface area is 147 Å². The van der Waals surface area contributed by atoms with E-state index in [1.165, 1.54) is 12.0 Å². The molecule has 0 aromatic heterocycles. The van der Waals surface area contributed by atoms with Gasteiger partial charge < -0.3 is 4.74 Å². The number of allylic oxidation sites excluding steroid dienone is 1. The van der Waals surface area contributed by atoms with Crippen molar-refractivity contribution in [2.45, 2.75) is 52.1 Å². The molecule has 0 aliphatic carbocycles. The highest BCUT2D eigenvalue weighted by Crippen LogP contribution is 2.41. The number of hydrogen-bond acceptors (Lipinski definition) is 2. The summed E-state index contributed by atoms with van der Waals surface area (Å²) in [5.74, 6) is -0.155. The van der Waals surface area contributed by atoms with Crippen molar-refractivity contribution in [3.8, 4) is 0 Å². The van der Waals surface area contributed by atoms with E-state index in [1.54, 1.807) is 0 Å². The summed E-state index contributed by atoms with van der Waals surface area (Å²) in [5, 5.41) is 0.749. The van der Waals surface area contributed by atoms with Crippen LogP contribution in [0.25, 0.3) is 0 Å². The van der Waals surface area contributed by atoms with Gasteiger partial charge in [-0.1, -0.05) is 85.4 Å². The fourth-order valence-electron chi connectivity index (χ4n) is 2.93. The molecule has 1 aliphatic heterocycles. The topological polar surface area (TPSA) is 26.3 Å². The average molecular weight is 377 g/mol. The molecule has 23 heavy (non-hydrogen) atoms. The van der Waals surface area contributed by atoms with Crippen molar-refractivity contribution in [2.75, 3.05) is 5.33 Å². The van der Waals surface area contributed by atoms with E-state index in [2.05, 4.69) is 35.9 Å². The average Bonchev–Trinajstić information content (AvgIpc) is 2.90. The monoisotopic (exact) mass is 376 g/mol. The predicted octanol–water partition coefficient (Wildman–Crippen LogP) is 5.89. The van der Waals surface area contributed by atoms with Crippen LogP contribution in [-0.2, 0) is 9.53 Å². The Kier molecular flexibility index (Phi) is 7.10. The summed E-state index contributed by atoms with van der Waals surface area (Å²) < 4.78 is 5.74. The van der Waals surface area contributed by atoms with E-state index in [4.69, 9.17) is 4.74 Å². The van der Waals surface area contributed by atoms with Crippen LogP contribution in [0, 0.1) is 0 Å². The number of cyclic esters (lactones) is 1. The number of ether oxygens (including phenoxy) is 1. The molecular weight excluding hydrogens is 352 g/mol. The Morgan fingerprint density at radius 1 is 1.22 bits per heavy atom. The summed E-state index contributed by atoms with van der Waals surface area (Å²) in [5.41, 5.74) is 4.17. The molecule has 0 saturated heterocycles. The van der Waals surface area contributed by atoms with Crippen LogP contribution < -0.4 is 0 Å². The standard InChI is InChI=1S/C20H25BrO2/c1-3-5-7-13-16(14-21)18-17(10-4-2)20(22)23-19(18)15-11-8-6-9-12-15/h6,8-9,11-13,19H,3-5,7,10,14H2,1-2H3/b16-13+. The van der Waals surface area contributed by atoms with Gasteiger partial charge in [-0.25, -0.2) is 4.79 Å². The van der Waals surface area contributed by atoms with E-state index < -0.39 is 0 Å². The summed E-state index contributed by atoms with van der Waals surface area (Å²) in [6.07, 6.45) is 7.09. The fraction of sp³-hybridized carbons (Fsp3) is 0.450. The lowest BCUT2D eigenvalue weighted by atomic mass is 9.91. The predicted molar refractivity (Wildman–Crippen MR) is 98.6 cm³/mol. The molecule has 0 amide bonds. The number of carbonyl (C=O) groups excluding carboxylic acids is 1. The lowest BCUT2D eigenvalue weighted by Gasteiger charge is -2.17. The van der Waals surface area contributed by atoms with Gasteiger partial charge in [-0.3, -0.25) is 0 Å². The molecule has 1 aromatic rings. The van der Waals surface area contributed by atoms with E-state index in [0.29, 0.717) is 0 Å². The van der Waals surface area contributed by atoms with Crippen LogP contribution >= 0.6 is 15.9 Å². The van der Waals surface area contributed by atoms with Gasteiger partial charge in [-0.05, 0) is 24.0 Å². The zero-order chi connectivity index (χ0) is 16.7. The van der Waals surface area contributed by atoms with Gasteiger partial charge in [-0.2, -0.15) is 0 Å². The molecular formula is C20H25BrO2. The molecule has 0 radical (unpaired) electrons. The fourth-order valence-corrected chi connectivity index (χ4v) is 3.46. The Bertz CT molecular complexity index is 587. The molecule has 2 nitrogen and oxygen atoms in total. The molecule has 124 valence electrons. The van der Waals surface area contributed by atoms with Gasteiger partial charge in [0.05, 0.1) is 0 Å². The molecule has 0 spiro atoms. The summed E-state index contributed by atoms with van der Waals surface area (Å²) in [6, 6.07) is 10.0. The Balaban J connectivity index is 2.43. The summed E-state index contributed by atoms with van der Waals surface area (Å²) in [7, 11) is 0. The number of halogens is 1. The van der Waals surface area contributed by atoms with E-state index in [-0.39, 0.29) is 12.1 Å². The summed E-state index contributed by atoms with van der Waals surface area (Å²) in [6.45, 7) is 4.29. The van der Waals surface area contributed by atoms with Gasteiger partial charge in [0, 0.05) is 16.5 Å². The molecule has 0 saturated carbocycles. The maximum Gasteiger partial charge on any atom is 0.335 e. The maximum atomic E-state index is 12.4.